The number of anilines is 1. The van der Waals surface area contributed by atoms with Gasteiger partial charge >= 0.3 is 0 Å². The molecule has 0 unspecified atom stereocenters. The summed E-state index contributed by atoms with van der Waals surface area (Å²) in [5.74, 6) is 0.355. The van der Waals surface area contributed by atoms with Gasteiger partial charge in [0.25, 0.3) is 0 Å². The summed E-state index contributed by atoms with van der Waals surface area (Å²) in [5.41, 5.74) is 3.82. The number of carbonyl (C=O) groups is 1. The normalized spacial score (nSPS) is 10.6. The predicted molar refractivity (Wildman–Crippen MR) is 121 cm³/mol. The molecule has 6 heteroatoms. The Kier molecular flexibility index (Phi) is 5.86. The van der Waals surface area contributed by atoms with Crippen LogP contribution in [0.15, 0.2) is 89.5 Å². The molecular formula is C24H18BrN3O2. The molecule has 1 heterocycles. The van der Waals surface area contributed by atoms with Crippen molar-refractivity contribution in [2.45, 2.75) is 6.42 Å². The van der Waals surface area contributed by atoms with Crippen molar-refractivity contribution in [2.75, 3.05) is 5.32 Å². The molecule has 0 saturated heterocycles. The molecule has 148 valence electrons. The van der Waals surface area contributed by atoms with Crippen molar-refractivity contribution >= 4 is 27.7 Å². The van der Waals surface area contributed by atoms with Crippen LogP contribution in [0.2, 0.25) is 0 Å². The highest BCUT2D eigenvalue weighted by atomic mass is 79.9. The van der Waals surface area contributed by atoms with Gasteiger partial charge in [0.05, 0.1) is 18.3 Å². The second kappa shape index (κ2) is 8.88. The number of amides is 1. The van der Waals surface area contributed by atoms with Crippen LogP contribution >= 0.6 is 15.9 Å². The lowest BCUT2D eigenvalue weighted by Crippen LogP contribution is -2.16. The first-order chi connectivity index (χ1) is 14.6. The highest BCUT2D eigenvalue weighted by Gasteiger charge is 2.14. The number of halogens is 1. The summed E-state index contributed by atoms with van der Waals surface area (Å²) in [4.78, 5) is 21.9. The van der Waals surface area contributed by atoms with Crippen LogP contribution < -0.4 is 5.32 Å². The van der Waals surface area contributed by atoms with E-state index < -0.39 is 0 Å². The molecule has 2 N–H and O–H groups in total. The Bertz CT molecular complexity index is 1160. The number of hydrogen-bond acceptors (Lipinski definition) is 4. The average Bonchev–Trinajstić information content (AvgIpc) is 2.77. The molecule has 0 aliphatic rings. The van der Waals surface area contributed by atoms with E-state index >= 15 is 0 Å². The maximum absolute atomic E-state index is 12.6. The lowest BCUT2D eigenvalue weighted by molar-refractivity contribution is -0.115. The number of hydrogen-bond donors (Lipinski definition) is 2. The van der Waals surface area contributed by atoms with Crippen LogP contribution in [0, 0.1) is 0 Å². The first-order valence-electron chi connectivity index (χ1n) is 9.34. The maximum atomic E-state index is 12.6. The van der Waals surface area contributed by atoms with Gasteiger partial charge in [0, 0.05) is 15.6 Å². The van der Waals surface area contributed by atoms with E-state index in [1.54, 1.807) is 30.5 Å². The van der Waals surface area contributed by atoms with Gasteiger partial charge in [-0.15, -0.1) is 0 Å². The molecule has 0 radical (unpaired) electrons. The number of phenols is 1. The zero-order chi connectivity index (χ0) is 20.9. The topological polar surface area (TPSA) is 75.1 Å². The third-order valence-electron chi connectivity index (χ3n) is 4.52. The summed E-state index contributed by atoms with van der Waals surface area (Å²) >= 11 is 3.40. The number of nitrogens with one attached hydrogen (secondary N) is 1. The SMILES string of the molecule is O=C(Cc1ccc(Br)cc1)Nc1ncc(-c2ccccc2)nc1-c1ccc(O)cc1. The van der Waals surface area contributed by atoms with E-state index in [1.165, 1.54) is 0 Å². The van der Waals surface area contributed by atoms with Crippen molar-refractivity contribution in [3.8, 4) is 28.3 Å². The van der Waals surface area contributed by atoms with Gasteiger partial charge in [-0.1, -0.05) is 58.4 Å². The minimum atomic E-state index is -0.181. The lowest BCUT2D eigenvalue weighted by Gasteiger charge is -2.12. The van der Waals surface area contributed by atoms with E-state index in [0.29, 0.717) is 17.2 Å². The Morgan fingerprint density at radius 2 is 1.60 bits per heavy atom. The van der Waals surface area contributed by atoms with Crippen LogP contribution in [0.3, 0.4) is 0 Å². The Morgan fingerprint density at radius 1 is 0.900 bits per heavy atom. The van der Waals surface area contributed by atoms with Gasteiger partial charge < -0.3 is 10.4 Å². The fourth-order valence-electron chi connectivity index (χ4n) is 3.01. The number of aromatic hydroxyl groups is 1. The maximum Gasteiger partial charge on any atom is 0.230 e. The lowest BCUT2D eigenvalue weighted by atomic mass is 10.1. The summed E-state index contributed by atoms with van der Waals surface area (Å²) in [6, 6.07) is 24.0. The highest BCUT2D eigenvalue weighted by Crippen LogP contribution is 2.29. The van der Waals surface area contributed by atoms with Crippen LogP contribution in [0.4, 0.5) is 5.82 Å². The van der Waals surface area contributed by atoms with E-state index in [9.17, 15) is 9.90 Å². The third-order valence-corrected chi connectivity index (χ3v) is 5.05. The second-order valence-corrected chi connectivity index (χ2v) is 7.63. The van der Waals surface area contributed by atoms with Gasteiger partial charge in [0.2, 0.25) is 5.91 Å². The minimum absolute atomic E-state index is 0.159. The largest absolute Gasteiger partial charge is 0.508 e. The summed E-state index contributed by atoms with van der Waals surface area (Å²) in [5, 5.41) is 12.5. The molecule has 1 aromatic heterocycles. The van der Waals surface area contributed by atoms with Crippen molar-refractivity contribution in [2.24, 2.45) is 0 Å². The van der Waals surface area contributed by atoms with E-state index in [0.717, 1.165) is 21.2 Å². The number of aromatic nitrogens is 2. The average molecular weight is 460 g/mol. The summed E-state index contributed by atoms with van der Waals surface area (Å²) in [6.07, 6.45) is 1.87. The Balaban J connectivity index is 1.66. The molecule has 3 aromatic carbocycles. The molecule has 0 aliphatic carbocycles. The number of nitrogens with zero attached hydrogens (tertiary/aromatic N) is 2. The zero-order valence-corrected chi connectivity index (χ0v) is 17.5. The summed E-state index contributed by atoms with van der Waals surface area (Å²) in [6.45, 7) is 0. The highest BCUT2D eigenvalue weighted by molar-refractivity contribution is 9.10. The standard InChI is InChI=1S/C24H18BrN3O2/c25-19-10-6-16(7-11-19)14-22(30)28-24-23(18-8-12-20(29)13-9-18)27-21(15-26-24)17-4-2-1-3-5-17/h1-13,15,29H,14H2,(H,26,28,30). The van der Waals surface area contributed by atoms with Gasteiger partial charge in [0.15, 0.2) is 5.82 Å². The van der Waals surface area contributed by atoms with Crippen molar-refractivity contribution in [1.82, 2.24) is 9.97 Å². The van der Waals surface area contributed by atoms with Gasteiger partial charge in [-0.3, -0.25) is 4.79 Å². The van der Waals surface area contributed by atoms with Gasteiger partial charge in [-0.25, -0.2) is 9.97 Å². The van der Waals surface area contributed by atoms with Gasteiger partial charge in [-0.05, 0) is 42.0 Å². The van der Waals surface area contributed by atoms with E-state index in [1.807, 2.05) is 54.6 Å². The van der Waals surface area contributed by atoms with Crippen molar-refractivity contribution in [3.05, 3.63) is 95.1 Å². The molecule has 5 nitrogen and oxygen atoms in total. The monoisotopic (exact) mass is 459 g/mol. The number of carbonyl (C=O) groups excluding carboxylic acids is 1. The Labute approximate surface area is 182 Å². The Morgan fingerprint density at radius 3 is 2.30 bits per heavy atom. The van der Waals surface area contributed by atoms with Crippen molar-refractivity contribution in [3.63, 3.8) is 0 Å². The number of rotatable bonds is 5. The molecule has 4 rings (SSSR count). The van der Waals surface area contributed by atoms with Crippen LogP contribution in [-0.4, -0.2) is 21.0 Å². The molecule has 30 heavy (non-hydrogen) atoms. The van der Waals surface area contributed by atoms with Crippen LogP contribution in [0.5, 0.6) is 5.75 Å². The second-order valence-electron chi connectivity index (χ2n) is 6.72. The third kappa shape index (κ3) is 4.72. The van der Waals surface area contributed by atoms with E-state index in [2.05, 4.69) is 26.2 Å². The molecule has 0 bridgehead atoms. The molecule has 4 aromatic rings. The number of benzene rings is 3. The van der Waals surface area contributed by atoms with Gasteiger partial charge in [-0.2, -0.15) is 0 Å². The smallest absolute Gasteiger partial charge is 0.230 e. The summed E-state index contributed by atoms with van der Waals surface area (Å²) < 4.78 is 0.962. The van der Waals surface area contributed by atoms with Crippen LogP contribution in [0.1, 0.15) is 5.56 Å². The molecular weight excluding hydrogens is 442 g/mol. The van der Waals surface area contributed by atoms with Gasteiger partial charge in [0.1, 0.15) is 11.4 Å². The van der Waals surface area contributed by atoms with E-state index in [-0.39, 0.29) is 18.1 Å². The van der Waals surface area contributed by atoms with Crippen molar-refractivity contribution < 1.29 is 9.90 Å². The predicted octanol–water partition coefficient (Wildman–Crippen LogP) is 5.46. The molecule has 0 aliphatic heterocycles. The Hall–Kier alpha value is -3.51. The quantitative estimate of drug-likeness (QED) is 0.415. The minimum Gasteiger partial charge on any atom is -0.508 e. The fraction of sp³-hybridized carbons (Fsp3) is 0.0417. The van der Waals surface area contributed by atoms with Crippen LogP contribution in [0.25, 0.3) is 22.5 Å². The number of phenolic OH excluding ortho intramolecular Hbond substituents is 1. The molecule has 1 amide bonds. The van der Waals surface area contributed by atoms with E-state index in [4.69, 9.17) is 4.98 Å². The van der Waals surface area contributed by atoms with Crippen LogP contribution in [-0.2, 0) is 11.2 Å². The fourth-order valence-corrected chi connectivity index (χ4v) is 3.28. The molecule has 0 spiro atoms. The first-order valence-corrected chi connectivity index (χ1v) is 10.1. The molecule has 0 saturated carbocycles. The first kappa shape index (κ1) is 19.8. The zero-order valence-electron chi connectivity index (χ0n) is 15.9. The molecule has 0 fully saturated rings. The summed E-state index contributed by atoms with van der Waals surface area (Å²) in [7, 11) is 0. The van der Waals surface area contributed by atoms with Crippen molar-refractivity contribution in [1.29, 1.82) is 0 Å². The molecule has 0 atom stereocenters.